The van der Waals surface area contributed by atoms with E-state index in [0.29, 0.717) is 32.1 Å². The van der Waals surface area contributed by atoms with Gasteiger partial charge in [-0.2, -0.15) is 0 Å². The van der Waals surface area contributed by atoms with Gasteiger partial charge in [0.15, 0.2) is 43.0 Å². The van der Waals surface area contributed by atoms with E-state index < -0.39 is 266 Å². The molecule has 0 aromatic rings. The van der Waals surface area contributed by atoms with E-state index in [4.69, 9.17) is 52.1 Å². The highest BCUT2D eigenvalue weighted by atomic mass is 16.9. The van der Waals surface area contributed by atoms with Crippen LogP contribution in [0.5, 0.6) is 0 Å². The molecule has 10 fully saturated rings. The van der Waals surface area contributed by atoms with Crippen LogP contribution in [-0.2, 0) is 56.9 Å². The predicted octanol–water partition coefficient (Wildman–Crippen LogP) is -7.72. The number of carbonyl (C=O) groups excluding carboxylic acids is 1. The Hall–Kier alpha value is -2.07. The predicted molar refractivity (Wildman–Crippen MR) is 324 cm³/mol. The lowest BCUT2D eigenvalue weighted by Crippen LogP contribution is -2.85. The number of aliphatic hydroxyl groups excluding tert-OH is 20. The molecule has 34 nitrogen and oxygen atoms in total. The molecule has 0 amide bonds. The lowest BCUT2D eigenvalue weighted by Gasteiger charge is -2.72. The Labute approximate surface area is 570 Å². The van der Waals surface area contributed by atoms with E-state index >= 15 is 4.79 Å². The van der Waals surface area contributed by atoms with Gasteiger partial charge in [-0.15, -0.1) is 0 Å². The van der Waals surface area contributed by atoms with E-state index in [9.17, 15) is 112 Å². The fourth-order valence-electron chi connectivity index (χ4n) is 19.8. The van der Waals surface area contributed by atoms with Crippen molar-refractivity contribution in [2.24, 2.45) is 50.2 Å². The SMILES string of the molecule is C[C@H]1OC(OC(=O)[C@]23CCC(C)(C)C[C@H]2C2=CCC4[C@@]5(C)CC[C@H](O[C@@H]6OC[C@H](O)C(O[C@@H]7OC(CO)[C@@H](O)C(O)[C@@H]7O)[C@@H]6O[C@@H]6OC(CO)[C@@H](O)C(O)[C@@H]6O)C(C)(C)C5CC[C@@]4(C)[C@]2(C)C[C@H]3O)([C@]2(O)C(CO)O[C@@](O)(OCC3O[C@H](O)[C@@H](O)C(O)[C@H]3O)[C@@H](O)C2O)[C@@H](O)[C@@H](O)[C@@H]1O. The highest BCUT2D eigenvalue weighted by Gasteiger charge is 2.79. The summed E-state index contributed by atoms with van der Waals surface area (Å²) < 4.78 is 65.6. The smallest absolute Gasteiger partial charge is 0.318 e. The number of fused-ring (bicyclic) bond motifs is 7. The van der Waals surface area contributed by atoms with Gasteiger partial charge in [-0.25, -0.2) is 0 Å². The Balaban J connectivity index is 0.885. The Morgan fingerprint density at radius 1 is 0.566 bits per heavy atom. The number of carbonyl (C=O) groups is 1. The van der Waals surface area contributed by atoms with Gasteiger partial charge < -0.3 is 164 Å². The quantitative estimate of drug-likeness (QED) is 0.0313. The molecule has 34 heteroatoms. The maximum absolute atomic E-state index is 16.2. The van der Waals surface area contributed by atoms with Crippen molar-refractivity contribution in [1.29, 1.82) is 0 Å². The van der Waals surface area contributed by atoms with Gasteiger partial charge in [-0.1, -0.05) is 60.1 Å². The molecule has 0 radical (unpaired) electrons. The summed E-state index contributed by atoms with van der Waals surface area (Å²) in [6, 6.07) is 0. The molecule has 4 saturated carbocycles. The summed E-state index contributed by atoms with van der Waals surface area (Å²) in [6.45, 7) is 11.0. The highest BCUT2D eigenvalue weighted by Crippen LogP contribution is 2.76. The number of hydrogen-bond acceptors (Lipinski definition) is 34. The van der Waals surface area contributed by atoms with E-state index in [-0.39, 0.29) is 37.5 Å². The average Bonchev–Trinajstić information content (AvgIpc) is 0.685. The molecule has 99 heavy (non-hydrogen) atoms. The van der Waals surface area contributed by atoms with Gasteiger partial charge in [-0.3, -0.25) is 4.79 Å². The second-order valence-electron chi connectivity index (χ2n) is 32.1. The summed E-state index contributed by atoms with van der Waals surface area (Å²) in [5.41, 5.74) is -8.15. The van der Waals surface area contributed by atoms with Gasteiger partial charge in [0.1, 0.15) is 121 Å². The van der Waals surface area contributed by atoms with Crippen molar-refractivity contribution in [3.05, 3.63) is 11.6 Å². The highest BCUT2D eigenvalue weighted by molar-refractivity contribution is 5.80. The fourth-order valence-corrected chi connectivity index (χ4v) is 19.8. The third-order valence-corrected chi connectivity index (χ3v) is 25.9. The Bertz CT molecular complexity index is 2870. The molecule has 6 saturated heterocycles. The molecule has 5 aliphatic carbocycles. The van der Waals surface area contributed by atoms with E-state index in [1.165, 1.54) is 0 Å². The van der Waals surface area contributed by atoms with Crippen LogP contribution >= 0.6 is 0 Å². The van der Waals surface area contributed by atoms with E-state index in [2.05, 4.69) is 40.7 Å². The molecule has 11 aliphatic rings. The maximum atomic E-state index is 16.2. The van der Waals surface area contributed by atoms with Crippen molar-refractivity contribution >= 4 is 5.97 Å². The third kappa shape index (κ3) is 12.2. The van der Waals surface area contributed by atoms with Crippen molar-refractivity contribution in [1.82, 2.24) is 0 Å². The van der Waals surface area contributed by atoms with Gasteiger partial charge >= 0.3 is 11.9 Å². The summed E-state index contributed by atoms with van der Waals surface area (Å²) in [5.74, 6) is -9.57. The Kier molecular flexibility index (Phi) is 21.8. The van der Waals surface area contributed by atoms with Crippen LogP contribution in [0.2, 0.25) is 0 Å². The largest absolute Gasteiger partial charge is 0.426 e. The lowest BCUT2D eigenvalue weighted by molar-refractivity contribution is -0.504. The van der Waals surface area contributed by atoms with Gasteiger partial charge in [0.05, 0.1) is 51.3 Å². The minimum absolute atomic E-state index is 0.0697. The maximum Gasteiger partial charge on any atom is 0.318 e. The third-order valence-electron chi connectivity index (χ3n) is 25.9. The van der Waals surface area contributed by atoms with Gasteiger partial charge in [0.2, 0.25) is 0 Å². The summed E-state index contributed by atoms with van der Waals surface area (Å²) in [7, 11) is 0. The second-order valence-corrected chi connectivity index (χ2v) is 32.1. The molecule has 38 atom stereocenters. The molecule has 11 rings (SSSR count). The van der Waals surface area contributed by atoms with Crippen LogP contribution in [0.25, 0.3) is 0 Å². The number of allylic oxidation sites excluding steroid dienone is 2. The van der Waals surface area contributed by atoms with Gasteiger partial charge in [0, 0.05) is 0 Å². The molecule has 0 spiro atoms. The molecular formula is C65H106O34. The number of rotatable bonds is 15. The standard InChI is InChI=1S/C65H106O34/c1-24-36(71)43(78)49(82)64(97-24,63(87)35(21-68)98-65(88,51(84)50(63)83)90-23-30-39(74)40(75)44(79)52(85)91-30)99-56(86)62-16-15-57(2,3)17-26(62)25-9-10-32-59(6)13-12-34(58(4,5)31(59)11-14-60(32,7)61(25,8)18-33(62)70)94-55-48(96-54-46(81)42(77)38(73)29(20-67)93-54)47(27(69)22-89-55)95-53-45(80)41(76)37(72)28(19-66)92-53/h9,24,26-55,66-85,87-88H,10-23H2,1-8H3/t24-,26+,27+,28?,29?,30?,31?,32?,33-,34+,35?,36-,37-,38-,39+,40?,41?,42?,43+,44+,45+,46+,47?,48+,49+,50?,51+,52+,53+,54+,55+,59+,60-,61-,62-,63+,64?,65+/m1/s1. The zero-order valence-electron chi connectivity index (χ0n) is 56.6. The molecular weight excluding hydrogens is 1320 g/mol. The van der Waals surface area contributed by atoms with E-state index in [1.807, 2.05) is 13.8 Å². The van der Waals surface area contributed by atoms with Crippen molar-refractivity contribution in [3.8, 4) is 0 Å². The second kappa shape index (κ2) is 27.6. The van der Waals surface area contributed by atoms with Crippen molar-refractivity contribution in [2.45, 2.75) is 302 Å². The van der Waals surface area contributed by atoms with Crippen LogP contribution < -0.4 is 0 Å². The van der Waals surface area contributed by atoms with Gasteiger partial charge in [-0.05, 0) is 110 Å². The molecule has 6 aliphatic heterocycles. The van der Waals surface area contributed by atoms with Crippen molar-refractivity contribution in [2.75, 3.05) is 33.0 Å². The van der Waals surface area contributed by atoms with Crippen LogP contribution in [0, 0.1) is 50.2 Å². The minimum Gasteiger partial charge on any atom is -0.426 e. The fraction of sp³-hybridized carbons (Fsp3) is 0.954. The van der Waals surface area contributed by atoms with Crippen LogP contribution in [-0.4, -0.2) is 340 Å². The normalized spacial score (nSPS) is 55.9. The molecule has 0 aromatic carbocycles. The minimum atomic E-state index is -3.67. The van der Waals surface area contributed by atoms with Crippen LogP contribution in [0.3, 0.4) is 0 Å². The molecule has 0 aromatic heterocycles. The lowest BCUT2D eigenvalue weighted by atomic mass is 9.33. The van der Waals surface area contributed by atoms with E-state index in [0.717, 1.165) is 12.5 Å². The summed E-state index contributed by atoms with van der Waals surface area (Å²) in [4.78, 5) is 16.2. The number of ether oxygens (including phenoxy) is 11. The first kappa shape index (κ1) is 78.0. The number of hydrogen-bond donors (Lipinski definition) is 22. The first-order valence-electron chi connectivity index (χ1n) is 34.4. The summed E-state index contributed by atoms with van der Waals surface area (Å²) >= 11 is 0. The van der Waals surface area contributed by atoms with Crippen LogP contribution in [0.1, 0.15) is 113 Å². The first-order chi connectivity index (χ1) is 46.1. The molecule has 570 valence electrons. The summed E-state index contributed by atoms with van der Waals surface area (Å²) in [5, 5.41) is 246. The van der Waals surface area contributed by atoms with Crippen LogP contribution in [0.15, 0.2) is 11.6 Å². The van der Waals surface area contributed by atoms with E-state index in [1.54, 1.807) is 0 Å². The number of aliphatic hydroxyl groups is 22. The topological polar surface area (TPSA) is 564 Å². The molecule has 12 unspecified atom stereocenters. The molecule has 6 heterocycles. The zero-order chi connectivity index (χ0) is 72.9. The van der Waals surface area contributed by atoms with Crippen LogP contribution in [0.4, 0.5) is 0 Å². The van der Waals surface area contributed by atoms with Gasteiger partial charge in [0.25, 0.3) is 5.79 Å². The summed E-state index contributed by atoms with van der Waals surface area (Å²) in [6.07, 6.45) is -48.7. The van der Waals surface area contributed by atoms with Crippen molar-refractivity contribution in [3.63, 3.8) is 0 Å². The molecule has 22 N–H and O–H groups in total. The van der Waals surface area contributed by atoms with Crippen molar-refractivity contribution < 1.29 is 169 Å². The number of esters is 1. The zero-order valence-corrected chi connectivity index (χ0v) is 56.6. The first-order valence-corrected chi connectivity index (χ1v) is 34.4. The monoisotopic (exact) mass is 1430 g/mol. The Morgan fingerprint density at radius 3 is 1.75 bits per heavy atom. The Morgan fingerprint density at radius 2 is 1.15 bits per heavy atom. The average molecular weight is 1430 g/mol. The molecule has 0 bridgehead atoms.